The zero-order valence-corrected chi connectivity index (χ0v) is 24.7. The van der Waals surface area contributed by atoms with Gasteiger partial charge >= 0.3 is 6.09 Å². The van der Waals surface area contributed by atoms with Gasteiger partial charge in [0.2, 0.25) is 0 Å². The number of halogens is 1. The Morgan fingerprint density at radius 1 is 0.872 bits per heavy atom. The van der Waals surface area contributed by atoms with Crippen molar-refractivity contribution < 1.29 is 9.53 Å². The molecule has 2 atom stereocenters. The lowest BCUT2D eigenvalue weighted by molar-refractivity contribution is 0.0284. The van der Waals surface area contributed by atoms with Crippen LogP contribution >= 0.6 is 11.6 Å². The van der Waals surface area contributed by atoms with Crippen molar-refractivity contribution in [1.29, 1.82) is 0 Å². The summed E-state index contributed by atoms with van der Waals surface area (Å²) in [6, 6.07) is 27.5. The first kappa shape index (κ1) is 29.0. The van der Waals surface area contributed by atoms with Crippen molar-refractivity contribution in [2.75, 3.05) is 38.6 Å². The minimum atomic E-state index is -0.517. The van der Waals surface area contributed by atoms with E-state index in [2.05, 4.69) is 90.6 Å². The van der Waals surface area contributed by atoms with E-state index in [9.17, 15) is 4.79 Å². The summed E-state index contributed by atoms with van der Waals surface area (Å²) in [5.41, 5.74) is 4.48. The van der Waals surface area contributed by atoms with Gasteiger partial charge in [-0.1, -0.05) is 66.2 Å². The normalized spacial score (nSPS) is 17.5. The minimum absolute atomic E-state index is 0.225. The predicted octanol–water partition coefficient (Wildman–Crippen LogP) is 7.13. The summed E-state index contributed by atoms with van der Waals surface area (Å²) in [5, 5.41) is 0.727. The highest BCUT2D eigenvalue weighted by Crippen LogP contribution is 2.31. The highest BCUT2D eigenvalue weighted by atomic mass is 35.5. The molecule has 0 aromatic heterocycles. The molecule has 1 saturated heterocycles. The lowest BCUT2D eigenvalue weighted by atomic mass is 9.89. The van der Waals surface area contributed by atoms with Gasteiger partial charge in [0.05, 0.1) is 0 Å². The molecule has 1 fully saturated rings. The number of hydrogen-bond acceptors (Lipinski definition) is 4. The summed E-state index contributed by atoms with van der Waals surface area (Å²) >= 11 is 6.25. The summed E-state index contributed by atoms with van der Waals surface area (Å²) in [6.07, 6.45) is 0.704. The molecule has 0 N–H and O–H groups in total. The molecule has 1 amide bonds. The molecule has 2 unspecified atom stereocenters. The average Bonchev–Trinajstić information content (AvgIpc) is 3.26. The number of rotatable bonds is 9. The molecule has 6 heteroatoms. The van der Waals surface area contributed by atoms with Gasteiger partial charge in [-0.15, -0.1) is 0 Å². The summed E-state index contributed by atoms with van der Waals surface area (Å²) in [6.45, 7) is 9.66. The van der Waals surface area contributed by atoms with Crippen LogP contribution in [0, 0.1) is 11.8 Å². The van der Waals surface area contributed by atoms with Crippen LogP contribution in [0.25, 0.3) is 0 Å². The van der Waals surface area contributed by atoms with Gasteiger partial charge in [-0.05, 0) is 94.1 Å². The molecule has 5 nitrogen and oxygen atoms in total. The lowest BCUT2D eigenvalue weighted by Crippen LogP contribution is -2.36. The predicted molar refractivity (Wildman–Crippen MR) is 161 cm³/mol. The molecule has 39 heavy (non-hydrogen) atoms. The van der Waals surface area contributed by atoms with Crippen molar-refractivity contribution >= 4 is 23.4 Å². The maximum absolute atomic E-state index is 13.1. The number of amides is 1. The third kappa shape index (κ3) is 8.74. The van der Waals surface area contributed by atoms with Gasteiger partial charge in [-0.2, -0.15) is 0 Å². The van der Waals surface area contributed by atoms with Crippen molar-refractivity contribution in [3.8, 4) is 0 Å². The molecule has 3 aromatic rings. The Labute approximate surface area is 239 Å². The Morgan fingerprint density at radius 3 is 2.13 bits per heavy atom. The maximum atomic E-state index is 13.1. The van der Waals surface area contributed by atoms with E-state index < -0.39 is 5.60 Å². The van der Waals surface area contributed by atoms with Gasteiger partial charge in [-0.25, -0.2) is 4.79 Å². The van der Waals surface area contributed by atoms with Gasteiger partial charge in [0.1, 0.15) is 5.60 Å². The minimum Gasteiger partial charge on any atom is -0.444 e. The summed E-state index contributed by atoms with van der Waals surface area (Å²) in [4.78, 5) is 19.6. The SMILES string of the molecule is CN(C)Cc1cccc(CN(CC2CN(C(=O)OC(C)(C)C)CC2Cc2ccccc2)c2ccc(Cl)cc2)c1. The average molecular weight is 548 g/mol. The van der Waals surface area contributed by atoms with Crippen LogP contribution in [-0.4, -0.2) is 55.2 Å². The molecule has 1 heterocycles. The third-order valence-corrected chi connectivity index (χ3v) is 7.33. The van der Waals surface area contributed by atoms with Crippen molar-refractivity contribution in [2.45, 2.75) is 45.9 Å². The fourth-order valence-electron chi connectivity index (χ4n) is 5.38. The maximum Gasteiger partial charge on any atom is 0.410 e. The van der Waals surface area contributed by atoms with Crippen LogP contribution < -0.4 is 4.90 Å². The van der Waals surface area contributed by atoms with Crippen molar-refractivity contribution in [1.82, 2.24) is 9.80 Å². The molecule has 0 bridgehead atoms. The first-order chi connectivity index (χ1) is 18.6. The number of likely N-dealkylation sites (tertiary alicyclic amines) is 1. The van der Waals surface area contributed by atoms with Crippen LogP contribution in [0.5, 0.6) is 0 Å². The zero-order valence-electron chi connectivity index (χ0n) is 23.9. The van der Waals surface area contributed by atoms with Crippen LogP contribution in [0.1, 0.15) is 37.5 Å². The molecule has 1 aliphatic rings. The highest BCUT2D eigenvalue weighted by Gasteiger charge is 2.38. The second-order valence-electron chi connectivity index (χ2n) is 12.0. The molecule has 0 aliphatic carbocycles. The number of ether oxygens (including phenoxy) is 1. The molecule has 0 radical (unpaired) electrons. The Bertz CT molecular complexity index is 1210. The first-order valence-corrected chi connectivity index (χ1v) is 14.2. The van der Waals surface area contributed by atoms with Crippen molar-refractivity contribution in [3.63, 3.8) is 0 Å². The lowest BCUT2D eigenvalue weighted by Gasteiger charge is -2.30. The number of carbonyl (C=O) groups excluding carboxylic acids is 1. The molecule has 0 spiro atoms. The first-order valence-electron chi connectivity index (χ1n) is 13.8. The summed E-state index contributed by atoms with van der Waals surface area (Å²) < 4.78 is 5.77. The Balaban J connectivity index is 1.59. The second-order valence-corrected chi connectivity index (χ2v) is 12.4. The summed E-state index contributed by atoms with van der Waals surface area (Å²) in [7, 11) is 4.19. The smallest absolute Gasteiger partial charge is 0.410 e. The van der Waals surface area contributed by atoms with Gasteiger partial charge < -0.3 is 19.4 Å². The number of hydrogen-bond donors (Lipinski definition) is 0. The van der Waals surface area contributed by atoms with Crippen molar-refractivity contribution in [3.05, 3.63) is 101 Å². The van der Waals surface area contributed by atoms with E-state index in [1.165, 1.54) is 16.7 Å². The number of anilines is 1. The zero-order chi connectivity index (χ0) is 28.0. The Hall–Kier alpha value is -3.02. The molecule has 0 saturated carbocycles. The van der Waals surface area contributed by atoms with Crippen LogP contribution in [0.2, 0.25) is 5.02 Å². The molecular weight excluding hydrogens is 506 g/mol. The monoisotopic (exact) mass is 547 g/mol. The standard InChI is InChI=1S/C33H42ClN3O2/c1-33(2,3)39-32(38)37-22-28(19-25-10-7-6-8-11-25)29(24-37)23-36(31-16-14-30(34)15-17-31)21-27-13-9-12-26(18-27)20-35(4)5/h6-18,28-29H,19-24H2,1-5H3. The van der Waals surface area contributed by atoms with E-state index >= 15 is 0 Å². The fraction of sp³-hybridized carbons (Fsp3) is 0.424. The largest absolute Gasteiger partial charge is 0.444 e. The summed E-state index contributed by atoms with van der Waals surface area (Å²) in [5.74, 6) is 0.619. The Morgan fingerprint density at radius 2 is 1.49 bits per heavy atom. The van der Waals surface area contributed by atoms with Gasteiger partial charge in [0.25, 0.3) is 0 Å². The number of nitrogens with zero attached hydrogens (tertiary/aromatic N) is 3. The van der Waals surface area contributed by atoms with E-state index in [-0.39, 0.29) is 6.09 Å². The van der Waals surface area contributed by atoms with Crippen LogP contribution in [-0.2, 0) is 24.2 Å². The molecular formula is C33H42ClN3O2. The van der Waals surface area contributed by atoms with E-state index in [1.807, 2.05) is 37.8 Å². The number of benzene rings is 3. The van der Waals surface area contributed by atoms with Gasteiger partial charge in [0.15, 0.2) is 0 Å². The van der Waals surface area contributed by atoms with E-state index in [1.54, 1.807) is 0 Å². The van der Waals surface area contributed by atoms with Crippen LogP contribution in [0.15, 0.2) is 78.9 Å². The van der Waals surface area contributed by atoms with E-state index in [4.69, 9.17) is 16.3 Å². The topological polar surface area (TPSA) is 36.0 Å². The molecule has 4 rings (SSSR count). The van der Waals surface area contributed by atoms with Gasteiger partial charge in [0, 0.05) is 43.4 Å². The van der Waals surface area contributed by atoms with E-state index in [0.717, 1.165) is 36.8 Å². The highest BCUT2D eigenvalue weighted by molar-refractivity contribution is 6.30. The number of carbonyl (C=O) groups is 1. The van der Waals surface area contributed by atoms with Crippen molar-refractivity contribution in [2.24, 2.45) is 11.8 Å². The third-order valence-electron chi connectivity index (χ3n) is 7.08. The molecule has 208 valence electrons. The fourth-order valence-corrected chi connectivity index (χ4v) is 5.50. The van der Waals surface area contributed by atoms with Crippen LogP contribution in [0.3, 0.4) is 0 Å². The molecule has 1 aliphatic heterocycles. The van der Waals surface area contributed by atoms with Gasteiger partial charge in [-0.3, -0.25) is 0 Å². The second kappa shape index (κ2) is 12.9. The quantitative estimate of drug-likeness (QED) is 0.285. The van der Waals surface area contributed by atoms with E-state index in [0.29, 0.717) is 24.9 Å². The van der Waals surface area contributed by atoms with Crippen LogP contribution in [0.4, 0.5) is 10.5 Å². The molecule has 3 aromatic carbocycles. The Kier molecular flexibility index (Phi) is 9.58.